The van der Waals surface area contributed by atoms with Gasteiger partial charge < -0.3 is 20.7 Å². The van der Waals surface area contributed by atoms with Gasteiger partial charge in [-0.15, -0.1) is 0 Å². The van der Waals surface area contributed by atoms with Crippen molar-refractivity contribution in [2.24, 2.45) is 11.7 Å². The highest BCUT2D eigenvalue weighted by Gasteiger charge is 2.13. The largest absolute Gasteiger partial charge is 0.378 e. The molecule has 19 heavy (non-hydrogen) atoms. The van der Waals surface area contributed by atoms with Crippen LogP contribution in [0.1, 0.15) is 6.92 Å². The first-order valence-electron chi connectivity index (χ1n) is 6.50. The molecular weight excluding hydrogens is 244 g/mol. The fourth-order valence-corrected chi connectivity index (χ4v) is 1.83. The first kappa shape index (κ1) is 13.8. The molecule has 1 aromatic rings. The van der Waals surface area contributed by atoms with E-state index in [9.17, 15) is 4.79 Å². The molecule has 1 fully saturated rings. The Hall–Kier alpha value is -1.66. The Morgan fingerprint density at radius 3 is 2.84 bits per heavy atom. The average Bonchev–Trinajstić information content (AvgIpc) is 2.48. The van der Waals surface area contributed by atoms with Crippen LogP contribution in [0, 0.1) is 5.92 Å². The second kappa shape index (κ2) is 6.49. The van der Waals surface area contributed by atoms with Crippen molar-refractivity contribution in [2.45, 2.75) is 6.92 Å². The van der Waals surface area contributed by atoms with Crippen LogP contribution in [0.15, 0.2) is 18.3 Å². The van der Waals surface area contributed by atoms with Crippen molar-refractivity contribution in [2.75, 3.05) is 43.1 Å². The Balaban J connectivity index is 1.96. The lowest BCUT2D eigenvalue weighted by atomic mass is 10.2. The molecule has 0 aromatic carbocycles. The quantitative estimate of drug-likeness (QED) is 0.825. The van der Waals surface area contributed by atoms with Crippen molar-refractivity contribution < 1.29 is 9.53 Å². The molecule has 0 spiro atoms. The summed E-state index contributed by atoms with van der Waals surface area (Å²) in [4.78, 5) is 18.1. The van der Waals surface area contributed by atoms with Gasteiger partial charge in [-0.05, 0) is 12.1 Å². The molecule has 1 saturated heterocycles. The number of hydrogen-bond donors (Lipinski definition) is 2. The second-order valence-electron chi connectivity index (χ2n) is 4.63. The van der Waals surface area contributed by atoms with Crippen molar-refractivity contribution in [1.82, 2.24) is 4.98 Å². The van der Waals surface area contributed by atoms with Gasteiger partial charge in [-0.3, -0.25) is 4.79 Å². The number of ether oxygens (including phenoxy) is 1. The summed E-state index contributed by atoms with van der Waals surface area (Å²) in [7, 11) is 0. The van der Waals surface area contributed by atoms with E-state index in [1.807, 2.05) is 12.1 Å². The van der Waals surface area contributed by atoms with Gasteiger partial charge >= 0.3 is 0 Å². The minimum Gasteiger partial charge on any atom is -0.378 e. The fourth-order valence-electron chi connectivity index (χ4n) is 1.83. The lowest BCUT2D eigenvalue weighted by molar-refractivity contribution is -0.119. The van der Waals surface area contributed by atoms with Crippen LogP contribution in [0.3, 0.4) is 0 Å². The minimum atomic E-state index is -0.208. The number of nitrogens with two attached hydrogens (primary N) is 1. The van der Waals surface area contributed by atoms with Gasteiger partial charge in [0.2, 0.25) is 5.91 Å². The second-order valence-corrected chi connectivity index (χ2v) is 4.63. The Morgan fingerprint density at radius 1 is 1.53 bits per heavy atom. The zero-order valence-corrected chi connectivity index (χ0v) is 11.1. The van der Waals surface area contributed by atoms with Crippen molar-refractivity contribution >= 4 is 17.4 Å². The smallest absolute Gasteiger partial charge is 0.229 e. The molecule has 1 atom stereocenters. The monoisotopic (exact) mass is 264 g/mol. The number of carbonyl (C=O) groups excluding carboxylic acids is 1. The SMILES string of the molecule is CC(CN)C(=O)Nc1ccc(N2CCOCC2)cn1. The van der Waals surface area contributed by atoms with Gasteiger partial charge in [-0.2, -0.15) is 0 Å². The van der Waals surface area contributed by atoms with Gasteiger partial charge in [-0.25, -0.2) is 4.98 Å². The zero-order chi connectivity index (χ0) is 13.7. The molecule has 6 heteroatoms. The van der Waals surface area contributed by atoms with Gasteiger partial charge in [0, 0.05) is 25.6 Å². The summed E-state index contributed by atoms with van der Waals surface area (Å²) in [6, 6.07) is 3.77. The number of pyridine rings is 1. The Kier molecular flexibility index (Phi) is 4.70. The highest BCUT2D eigenvalue weighted by atomic mass is 16.5. The maximum absolute atomic E-state index is 11.7. The topological polar surface area (TPSA) is 80.5 Å². The number of anilines is 2. The standard InChI is InChI=1S/C13H20N4O2/c1-10(8-14)13(18)16-12-3-2-11(9-15-12)17-4-6-19-7-5-17/h2-3,9-10H,4-8,14H2,1H3,(H,15,16,18). The van der Waals surface area contributed by atoms with E-state index in [-0.39, 0.29) is 11.8 Å². The van der Waals surface area contributed by atoms with Crippen LogP contribution in [0.25, 0.3) is 0 Å². The lowest BCUT2D eigenvalue weighted by Crippen LogP contribution is -2.36. The molecule has 1 unspecified atom stereocenters. The van der Waals surface area contributed by atoms with Crippen molar-refractivity contribution in [3.05, 3.63) is 18.3 Å². The highest BCUT2D eigenvalue weighted by molar-refractivity contribution is 5.91. The van der Waals surface area contributed by atoms with E-state index >= 15 is 0 Å². The molecule has 6 nitrogen and oxygen atoms in total. The van der Waals surface area contributed by atoms with E-state index in [0.29, 0.717) is 12.4 Å². The predicted molar refractivity (Wildman–Crippen MR) is 74.1 cm³/mol. The number of rotatable bonds is 4. The Morgan fingerprint density at radius 2 is 2.26 bits per heavy atom. The number of nitrogens with one attached hydrogen (secondary N) is 1. The normalized spacial score (nSPS) is 17.1. The van der Waals surface area contributed by atoms with Gasteiger partial charge in [0.15, 0.2) is 0 Å². The third-order valence-electron chi connectivity index (χ3n) is 3.18. The zero-order valence-electron chi connectivity index (χ0n) is 11.1. The number of morpholine rings is 1. The maximum atomic E-state index is 11.7. The third kappa shape index (κ3) is 3.65. The van der Waals surface area contributed by atoms with E-state index in [0.717, 1.165) is 32.0 Å². The van der Waals surface area contributed by atoms with Crippen LogP contribution < -0.4 is 16.0 Å². The van der Waals surface area contributed by atoms with Crippen LogP contribution in [0.2, 0.25) is 0 Å². The predicted octanol–water partition coefficient (Wildman–Crippen LogP) is 0.452. The third-order valence-corrected chi connectivity index (χ3v) is 3.18. The molecule has 3 N–H and O–H groups in total. The molecular formula is C13H20N4O2. The first-order chi connectivity index (χ1) is 9.20. The number of hydrogen-bond acceptors (Lipinski definition) is 5. The average molecular weight is 264 g/mol. The van der Waals surface area contributed by atoms with E-state index in [1.54, 1.807) is 13.1 Å². The molecule has 0 radical (unpaired) electrons. The summed E-state index contributed by atoms with van der Waals surface area (Å²) in [5, 5.41) is 2.75. The summed E-state index contributed by atoms with van der Waals surface area (Å²) in [5.74, 6) is 0.247. The Bertz CT molecular complexity index is 415. The summed E-state index contributed by atoms with van der Waals surface area (Å²) in [5.41, 5.74) is 6.50. The van der Waals surface area contributed by atoms with E-state index in [1.165, 1.54) is 0 Å². The number of carbonyl (C=O) groups is 1. The molecule has 0 bridgehead atoms. The maximum Gasteiger partial charge on any atom is 0.229 e. The summed E-state index contributed by atoms with van der Waals surface area (Å²) < 4.78 is 5.31. The van der Waals surface area contributed by atoms with E-state index in [2.05, 4.69) is 15.2 Å². The number of aromatic nitrogens is 1. The van der Waals surface area contributed by atoms with E-state index in [4.69, 9.17) is 10.5 Å². The van der Waals surface area contributed by atoms with Crippen molar-refractivity contribution in [3.8, 4) is 0 Å². The van der Waals surface area contributed by atoms with Crippen LogP contribution in [0.5, 0.6) is 0 Å². The molecule has 104 valence electrons. The van der Waals surface area contributed by atoms with Crippen LogP contribution in [-0.2, 0) is 9.53 Å². The van der Waals surface area contributed by atoms with E-state index < -0.39 is 0 Å². The van der Waals surface area contributed by atoms with Crippen LogP contribution >= 0.6 is 0 Å². The highest BCUT2D eigenvalue weighted by Crippen LogP contribution is 2.16. The van der Waals surface area contributed by atoms with Gasteiger partial charge in [0.25, 0.3) is 0 Å². The van der Waals surface area contributed by atoms with Gasteiger partial charge in [0.05, 0.1) is 25.1 Å². The summed E-state index contributed by atoms with van der Waals surface area (Å²) in [6.45, 7) is 5.35. The first-order valence-corrected chi connectivity index (χ1v) is 6.50. The minimum absolute atomic E-state index is 0.103. The van der Waals surface area contributed by atoms with Gasteiger partial charge in [-0.1, -0.05) is 6.92 Å². The summed E-state index contributed by atoms with van der Waals surface area (Å²) in [6.07, 6.45) is 1.77. The molecule has 1 aromatic heterocycles. The van der Waals surface area contributed by atoms with Crippen molar-refractivity contribution in [1.29, 1.82) is 0 Å². The van der Waals surface area contributed by atoms with Crippen LogP contribution in [-0.4, -0.2) is 43.7 Å². The fraction of sp³-hybridized carbons (Fsp3) is 0.538. The summed E-state index contributed by atoms with van der Waals surface area (Å²) >= 11 is 0. The number of nitrogens with zero attached hydrogens (tertiary/aromatic N) is 2. The molecule has 1 aliphatic rings. The molecule has 2 rings (SSSR count). The Labute approximate surface area is 112 Å². The molecule has 1 aliphatic heterocycles. The number of amides is 1. The molecule has 0 saturated carbocycles. The molecule has 2 heterocycles. The van der Waals surface area contributed by atoms with Crippen molar-refractivity contribution in [3.63, 3.8) is 0 Å². The van der Waals surface area contributed by atoms with Crippen LogP contribution in [0.4, 0.5) is 11.5 Å². The lowest BCUT2D eigenvalue weighted by Gasteiger charge is -2.28. The molecule has 1 amide bonds. The van der Waals surface area contributed by atoms with Gasteiger partial charge in [0.1, 0.15) is 5.82 Å². The molecule has 0 aliphatic carbocycles.